The minimum Gasteiger partial charge on any atom is -0.496 e. The van der Waals surface area contributed by atoms with Crippen LogP contribution >= 0.6 is 0 Å². The van der Waals surface area contributed by atoms with Crippen molar-refractivity contribution in [3.05, 3.63) is 65.7 Å². The lowest BCUT2D eigenvalue weighted by Crippen LogP contribution is -2.52. The fraction of sp³-hybridized carbons (Fsp3) is 0.481. The van der Waals surface area contributed by atoms with E-state index < -0.39 is 0 Å². The van der Waals surface area contributed by atoms with Crippen molar-refractivity contribution in [2.24, 2.45) is 16.9 Å². The second kappa shape index (κ2) is 12.0. The average molecular weight is 464 g/mol. The van der Waals surface area contributed by atoms with Crippen molar-refractivity contribution in [2.45, 2.75) is 25.8 Å². The van der Waals surface area contributed by atoms with Crippen molar-refractivity contribution >= 4 is 11.6 Å². The van der Waals surface area contributed by atoms with E-state index in [1.165, 1.54) is 11.1 Å². The fourth-order valence-corrected chi connectivity index (χ4v) is 5.04. The van der Waals surface area contributed by atoms with Gasteiger partial charge in [-0.2, -0.15) is 5.10 Å². The zero-order chi connectivity index (χ0) is 23.8. The zero-order valence-corrected chi connectivity index (χ0v) is 20.2. The third-order valence-electron chi connectivity index (χ3n) is 7.14. The highest BCUT2D eigenvalue weighted by molar-refractivity contribution is 6.39. The molecule has 0 aromatic heterocycles. The molecule has 0 atom stereocenters. The molecule has 182 valence electrons. The molecule has 2 aromatic rings. The summed E-state index contributed by atoms with van der Waals surface area (Å²) in [4.78, 5) is 20.0. The predicted octanol–water partition coefficient (Wildman–Crippen LogP) is 2.61. The van der Waals surface area contributed by atoms with Crippen LogP contribution in [0, 0.1) is 5.92 Å². The molecule has 0 bridgehead atoms. The van der Waals surface area contributed by atoms with E-state index in [-0.39, 0.29) is 11.8 Å². The Balaban J connectivity index is 1.23. The summed E-state index contributed by atoms with van der Waals surface area (Å²) in [5.41, 5.74) is 3.10. The summed E-state index contributed by atoms with van der Waals surface area (Å²) >= 11 is 0. The first-order valence-electron chi connectivity index (χ1n) is 12.4. The van der Waals surface area contributed by atoms with E-state index in [1.54, 1.807) is 7.11 Å². The summed E-state index contributed by atoms with van der Waals surface area (Å²) in [6.07, 6.45) is 2.93. The van der Waals surface area contributed by atoms with E-state index in [4.69, 9.17) is 10.6 Å². The lowest BCUT2D eigenvalue weighted by Gasteiger charge is -2.37. The molecule has 2 aromatic carbocycles. The van der Waals surface area contributed by atoms with Crippen LogP contribution in [0.4, 0.5) is 0 Å². The predicted molar refractivity (Wildman–Crippen MR) is 136 cm³/mol. The molecule has 4 rings (SSSR count). The van der Waals surface area contributed by atoms with Crippen LogP contribution in [0.3, 0.4) is 0 Å². The third-order valence-corrected chi connectivity index (χ3v) is 7.14. The summed E-state index contributed by atoms with van der Waals surface area (Å²) in [5.74, 6) is 6.82. The maximum Gasteiger partial charge on any atom is 0.270 e. The van der Waals surface area contributed by atoms with Gasteiger partial charge < -0.3 is 20.4 Å². The number of carbonyl (C=O) groups is 1. The Morgan fingerprint density at radius 2 is 1.62 bits per heavy atom. The van der Waals surface area contributed by atoms with Crippen LogP contribution in [-0.2, 0) is 17.8 Å². The van der Waals surface area contributed by atoms with Gasteiger partial charge >= 0.3 is 0 Å². The Labute approximate surface area is 203 Å². The fourth-order valence-electron chi connectivity index (χ4n) is 5.04. The Morgan fingerprint density at radius 3 is 2.29 bits per heavy atom. The van der Waals surface area contributed by atoms with Crippen molar-refractivity contribution in [3.63, 3.8) is 0 Å². The van der Waals surface area contributed by atoms with Gasteiger partial charge in [-0.3, -0.25) is 9.69 Å². The number of piperidine rings is 1. The molecule has 7 heteroatoms. The first kappa shape index (κ1) is 24.2. The van der Waals surface area contributed by atoms with E-state index in [0.717, 1.165) is 64.3 Å². The monoisotopic (exact) mass is 463 g/mol. The maximum atomic E-state index is 13.2. The van der Waals surface area contributed by atoms with E-state index >= 15 is 0 Å². The molecule has 2 heterocycles. The van der Waals surface area contributed by atoms with Crippen molar-refractivity contribution in [1.82, 2.24) is 14.7 Å². The van der Waals surface area contributed by atoms with Crippen molar-refractivity contribution in [2.75, 3.05) is 52.9 Å². The Bertz CT molecular complexity index is 949. The number of amides is 1. The van der Waals surface area contributed by atoms with Gasteiger partial charge in [-0.1, -0.05) is 48.5 Å². The lowest BCUT2D eigenvalue weighted by molar-refractivity contribution is -0.126. The zero-order valence-electron chi connectivity index (χ0n) is 20.2. The molecule has 0 spiro atoms. The van der Waals surface area contributed by atoms with Crippen molar-refractivity contribution in [3.8, 4) is 5.75 Å². The van der Waals surface area contributed by atoms with Gasteiger partial charge in [-0.05, 0) is 44.0 Å². The van der Waals surface area contributed by atoms with Crippen LogP contribution in [-0.4, -0.2) is 79.2 Å². The highest BCUT2D eigenvalue weighted by Crippen LogP contribution is 2.22. The number of methoxy groups -OCH3 is 1. The molecule has 34 heavy (non-hydrogen) atoms. The number of hydrogen-bond donors (Lipinski definition) is 1. The number of rotatable bonds is 8. The molecule has 1 amide bonds. The second-order valence-corrected chi connectivity index (χ2v) is 9.25. The quantitative estimate of drug-likeness (QED) is 0.370. The van der Waals surface area contributed by atoms with Gasteiger partial charge in [-0.15, -0.1) is 0 Å². The lowest BCUT2D eigenvalue weighted by atomic mass is 9.90. The van der Waals surface area contributed by atoms with Crippen molar-refractivity contribution in [1.29, 1.82) is 0 Å². The van der Waals surface area contributed by atoms with Crippen LogP contribution < -0.4 is 10.6 Å². The summed E-state index contributed by atoms with van der Waals surface area (Å²) in [6.45, 7) is 6.90. The standard InChI is InChI=1S/C27H37N5O2/c1-34-25-10-6-5-9-24(25)21-31-17-19-32(20-18-31)27(33)26(29-28)23-12-15-30(16-13-23)14-11-22-7-3-2-4-8-22/h2-10,23H,11-21,28H2,1H3. The van der Waals surface area contributed by atoms with E-state index in [0.29, 0.717) is 18.8 Å². The van der Waals surface area contributed by atoms with Gasteiger partial charge in [-0.25, -0.2) is 0 Å². The number of hydrogen-bond acceptors (Lipinski definition) is 6. The van der Waals surface area contributed by atoms with Gasteiger partial charge in [0.2, 0.25) is 0 Å². The summed E-state index contributed by atoms with van der Waals surface area (Å²) in [6, 6.07) is 18.7. The van der Waals surface area contributed by atoms with Gasteiger partial charge in [0.1, 0.15) is 11.5 Å². The largest absolute Gasteiger partial charge is 0.496 e. The van der Waals surface area contributed by atoms with E-state index in [1.807, 2.05) is 23.1 Å². The first-order valence-corrected chi connectivity index (χ1v) is 12.4. The molecule has 2 aliphatic rings. The number of nitrogens with zero attached hydrogens (tertiary/aromatic N) is 4. The minimum absolute atomic E-state index is 0.0159. The number of ether oxygens (including phenoxy) is 1. The summed E-state index contributed by atoms with van der Waals surface area (Å²) < 4.78 is 5.48. The third kappa shape index (κ3) is 6.15. The molecule has 7 nitrogen and oxygen atoms in total. The van der Waals surface area contributed by atoms with Crippen molar-refractivity contribution < 1.29 is 9.53 Å². The molecule has 2 fully saturated rings. The number of likely N-dealkylation sites (tertiary alicyclic amines) is 1. The van der Waals surface area contributed by atoms with Crippen LogP contribution in [0.1, 0.15) is 24.0 Å². The minimum atomic E-state index is 0.0159. The average Bonchev–Trinajstić information content (AvgIpc) is 2.90. The molecular formula is C27H37N5O2. The topological polar surface area (TPSA) is 74.4 Å². The number of carbonyl (C=O) groups excluding carboxylic acids is 1. The molecule has 0 unspecified atom stereocenters. The van der Waals surface area contributed by atoms with E-state index in [2.05, 4.69) is 51.3 Å². The molecule has 2 saturated heterocycles. The Kier molecular flexibility index (Phi) is 8.55. The summed E-state index contributed by atoms with van der Waals surface area (Å²) in [7, 11) is 1.71. The molecule has 0 aliphatic carbocycles. The van der Waals surface area contributed by atoms with Crippen LogP contribution in [0.15, 0.2) is 59.7 Å². The van der Waals surface area contributed by atoms with Gasteiger partial charge in [0.15, 0.2) is 0 Å². The van der Waals surface area contributed by atoms with Crippen LogP contribution in [0.2, 0.25) is 0 Å². The second-order valence-electron chi connectivity index (χ2n) is 9.25. The van der Waals surface area contributed by atoms with Crippen LogP contribution in [0.5, 0.6) is 5.75 Å². The van der Waals surface area contributed by atoms with Gasteiger partial charge in [0.05, 0.1) is 7.11 Å². The Morgan fingerprint density at radius 1 is 0.941 bits per heavy atom. The maximum absolute atomic E-state index is 13.2. The molecule has 0 radical (unpaired) electrons. The number of benzene rings is 2. The number of para-hydroxylation sites is 1. The summed E-state index contributed by atoms with van der Waals surface area (Å²) in [5, 5.41) is 3.99. The highest BCUT2D eigenvalue weighted by Gasteiger charge is 2.32. The Hall–Kier alpha value is -2.90. The molecule has 2 aliphatic heterocycles. The highest BCUT2D eigenvalue weighted by atomic mass is 16.5. The normalized spacial score (nSPS) is 18.7. The molecule has 2 N–H and O–H groups in total. The number of hydrazone groups is 1. The molecular weight excluding hydrogens is 426 g/mol. The molecule has 0 saturated carbocycles. The number of piperazine rings is 1. The van der Waals surface area contributed by atoms with E-state index in [9.17, 15) is 4.79 Å². The van der Waals surface area contributed by atoms with Crippen LogP contribution in [0.25, 0.3) is 0 Å². The SMILES string of the molecule is COc1ccccc1CN1CCN(C(=O)C(=NN)C2CCN(CCc3ccccc3)CC2)CC1. The first-order chi connectivity index (χ1) is 16.7. The number of nitrogens with two attached hydrogens (primary N) is 1. The smallest absolute Gasteiger partial charge is 0.270 e. The van der Waals surface area contributed by atoms with Gasteiger partial charge in [0.25, 0.3) is 5.91 Å². The van der Waals surface area contributed by atoms with Gasteiger partial charge in [0, 0.05) is 50.7 Å².